The average Bonchev–Trinajstić information content (AvgIpc) is 3.47. The third-order valence-corrected chi connectivity index (χ3v) is 22.5. The molecule has 0 radical (unpaired) electrons. The molecule has 0 aliphatic heterocycles. The van der Waals surface area contributed by atoms with Gasteiger partial charge in [0, 0.05) is 0 Å². The fourth-order valence-corrected chi connectivity index (χ4v) is 14.6. The second-order valence-corrected chi connectivity index (χ2v) is 26.4. The van der Waals surface area contributed by atoms with Gasteiger partial charge in [-0.2, -0.15) is 0 Å². The van der Waals surface area contributed by atoms with Crippen molar-refractivity contribution in [3.63, 3.8) is 0 Å². The van der Waals surface area contributed by atoms with Crippen molar-refractivity contribution in [2.24, 2.45) is 0 Å². The summed E-state index contributed by atoms with van der Waals surface area (Å²) in [5.41, 5.74) is 5.37. The van der Waals surface area contributed by atoms with Gasteiger partial charge in [0.05, 0.1) is 0 Å². The molecule has 0 amide bonds. The van der Waals surface area contributed by atoms with Crippen molar-refractivity contribution in [3.05, 3.63) is 110 Å². The van der Waals surface area contributed by atoms with E-state index in [0.717, 1.165) is 22.3 Å². The maximum absolute atomic E-state index is 17.1. The molecular formula is C40H49AuBrF5N2O. The predicted molar refractivity (Wildman–Crippen MR) is 194 cm³/mol. The van der Waals surface area contributed by atoms with Crippen LogP contribution in [-0.2, 0) is 20.9 Å². The number of alkyl halides is 5. The number of rotatable bonds is 12. The molecule has 10 heteroatoms. The van der Waals surface area contributed by atoms with E-state index in [9.17, 15) is 4.79 Å². The van der Waals surface area contributed by atoms with Crippen molar-refractivity contribution in [1.29, 1.82) is 0 Å². The van der Waals surface area contributed by atoms with Gasteiger partial charge < -0.3 is 0 Å². The average molecular weight is 946 g/mol. The summed E-state index contributed by atoms with van der Waals surface area (Å²) >= 11 is -3.55. The molecule has 3 aromatic carbocycles. The number of halogens is 6. The monoisotopic (exact) mass is 944 g/mol. The van der Waals surface area contributed by atoms with E-state index >= 15 is 22.0 Å². The molecule has 0 saturated heterocycles. The van der Waals surface area contributed by atoms with Gasteiger partial charge in [-0.15, -0.1) is 0 Å². The van der Waals surface area contributed by atoms with Gasteiger partial charge in [-0.1, -0.05) is 0 Å². The number of nitrogens with zero attached hydrogens (tertiary/aromatic N) is 2. The number of imidazole rings is 1. The zero-order valence-corrected chi connectivity index (χ0v) is 34.0. The van der Waals surface area contributed by atoms with E-state index in [0.29, 0.717) is 22.5 Å². The van der Waals surface area contributed by atoms with E-state index in [1.54, 1.807) is 36.7 Å². The molecule has 0 spiro atoms. The van der Waals surface area contributed by atoms with Crippen LogP contribution in [-0.4, -0.2) is 23.5 Å². The number of hydrogen-bond acceptors (Lipinski definition) is 1. The minimum absolute atomic E-state index is 0.0853. The molecule has 278 valence electrons. The van der Waals surface area contributed by atoms with Gasteiger partial charge in [-0.3, -0.25) is 0 Å². The van der Waals surface area contributed by atoms with E-state index in [1.165, 1.54) is 16.1 Å². The van der Waals surface area contributed by atoms with Crippen LogP contribution in [0.2, 0.25) is 0 Å². The second kappa shape index (κ2) is 15.6. The van der Waals surface area contributed by atoms with Crippen molar-refractivity contribution in [2.75, 3.05) is 0 Å². The summed E-state index contributed by atoms with van der Waals surface area (Å²) < 4.78 is 75.1. The fraction of sp³-hybridized carbons (Fsp3) is 0.450. The normalized spacial score (nSPS) is 14.5. The van der Waals surface area contributed by atoms with Gasteiger partial charge >= 0.3 is 304 Å². The summed E-state index contributed by atoms with van der Waals surface area (Å²) in [5, 5.41) is 0. The van der Waals surface area contributed by atoms with Crippen LogP contribution in [0, 0.1) is 3.63 Å². The van der Waals surface area contributed by atoms with Crippen LogP contribution in [0.4, 0.5) is 22.0 Å². The van der Waals surface area contributed by atoms with E-state index in [2.05, 4.69) is 13.0 Å². The molecule has 1 unspecified atom stereocenters. The van der Waals surface area contributed by atoms with Gasteiger partial charge in [0.25, 0.3) is 0 Å². The zero-order chi connectivity index (χ0) is 37.3. The standard InChI is InChI=1S/C27H36N2.C12H13F2O.CF3.Au.BrH/c1-18(2)22-11-9-12-23(19(3)4)26(22)28-15-16-29(17-28)27-24(20(5)6)13-10-14-25(27)21(7)8;1-9(15)11-7-5-10(6-8-11)3-2-4-12(13)14;2-1(3)4;;/h9-16,18-21H,1-8H3;5-8H,2-4H2,1H3;;;1H/q;;;+1;/p-1. The predicted octanol–water partition coefficient (Wildman–Crippen LogP) is 13.1. The number of aromatic nitrogens is 2. The van der Waals surface area contributed by atoms with Gasteiger partial charge in [0.1, 0.15) is 0 Å². The summed E-state index contributed by atoms with van der Waals surface area (Å²) in [7, 11) is 0. The van der Waals surface area contributed by atoms with Crippen LogP contribution < -0.4 is 0 Å². The number of hydrogen-bond donors (Lipinski definition) is 0. The molecule has 1 aromatic heterocycles. The number of ketones is 1. The molecule has 4 aromatic rings. The van der Waals surface area contributed by atoms with Crippen molar-refractivity contribution in [2.45, 2.75) is 114 Å². The van der Waals surface area contributed by atoms with Crippen LogP contribution in [0.1, 0.15) is 137 Å². The van der Waals surface area contributed by atoms with Gasteiger partial charge in [-0.05, 0) is 0 Å². The Morgan fingerprint density at radius 2 is 1.06 bits per heavy atom. The first-order valence-electron chi connectivity index (χ1n) is 17.0. The summed E-state index contributed by atoms with van der Waals surface area (Å²) in [4.78, 5) is 11.7. The van der Waals surface area contributed by atoms with Crippen molar-refractivity contribution < 1.29 is 41.3 Å². The van der Waals surface area contributed by atoms with Crippen LogP contribution in [0.3, 0.4) is 0 Å². The van der Waals surface area contributed by atoms with Gasteiger partial charge in [0.15, 0.2) is 0 Å². The van der Waals surface area contributed by atoms with Crippen LogP contribution in [0.5, 0.6) is 0 Å². The van der Waals surface area contributed by atoms with Gasteiger partial charge in [0.2, 0.25) is 0 Å². The molecule has 50 heavy (non-hydrogen) atoms. The number of carbonyl (C=O) groups is 1. The first-order chi connectivity index (χ1) is 23.2. The zero-order valence-electron chi connectivity index (χ0n) is 30.2. The van der Waals surface area contributed by atoms with Gasteiger partial charge in [-0.25, -0.2) is 0 Å². The maximum atomic E-state index is 17.1. The number of benzene rings is 3. The third kappa shape index (κ3) is 7.76. The van der Waals surface area contributed by atoms with Crippen LogP contribution >= 0.6 is 13.0 Å². The summed E-state index contributed by atoms with van der Waals surface area (Å²) in [5.74, 6) is -0.466. The number of Topliss-reactive ketones (excluding diaryl/α,β-unsaturated/α-hetero) is 1. The number of carbonyl (C=O) groups excluding carboxylic acids is 1. The Kier molecular flexibility index (Phi) is 12.5. The number of para-hydroxylation sites is 2. The Balaban J connectivity index is 2.16. The summed E-state index contributed by atoms with van der Waals surface area (Å²) in [6, 6.07) is 17.9. The Morgan fingerprint density at radius 1 is 0.680 bits per heavy atom. The topological polar surface area (TPSA) is 26.9 Å². The molecule has 0 aliphatic rings. The van der Waals surface area contributed by atoms with E-state index < -0.39 is 33.1 Å². The quantitative estimate of drug-likeness (QED) is 0.0790. The third-order valence-electron chi connectivity index (χ3n) is 8.88. The van der Waals surface area contributed by atoms with Crippen LogP contribution in [0.15, 0.2) is 73.1 Å². The first-order valence-corrected chi connectivity index (χ1v) is 25.0. The summed E-state index contributed by atoms with van der Waals surface area (Å²) in [6.07, 6.45) is 2.13. The first kappa shape index (κ1) is 40.2. The SMILES string of the molecule is CC(=O)c1ccc(CCC[C](F)(F)[Au]([Br])(=[c]2n(-c3c(C(C)C)cccc3C(C)C)ccn2-c2c(C(C)C)cccc2C(C)C)[C](F)(F)F)cc1. The molecule has 1 atom stereocenters. The molecule has 0 aliphatic carbocycles. The van der Waals surface area contributed by atoms with E-state index in [4.69, 9.17) is 0 Å². The summed E-state index contributed by atoms with van der Waals surface area (Å²) in [6.45, 7) is 17.2. The minimum atomic E-state index is -6.54. The van der Waals surface area contributed by atoms with Crippen molar-refractivity contribution >= 4 is 18.8 Å². The molecule has 1 heterocycles. The van der Waals surface area contributed by atoms with Crippen molar-refractivity contribution in [1.82, 2.24) is 9.13 Å². The Labute approximate surface area is 302 Å². The molecule has 0 N–H and O–H groups in total. The van der Waals surface area contributed by atoms with E-state index in [-0.39, 0.29) is 42.3 Å². The van der Waals surface area contributed by atoms with Crippen LogP contribution in [0.25, 0.3) is 11.4 Å². The molecule has 0 fully saturated rings. The number of aryl methyl sites for hydroxylation is 1. The Morgan fingerprint density at radius 3 is 1.38 bits per heavy atom. The Bertz CT molecular complexity index is 1780. The molecule has 3 nitrogen and oxygen atoms in total. The molecule has 4 rings (SSSR count). The van der Waals surface area contributed by atoms with E-state index in [1.807, 2.05) is 91.8 Å². The Hall–Kier alpha value is -2.59. The fourth-order valence-electron chi connectivity index (χ4n) is 6.25. The molecular weight excluding hydrogens is 896 g/mol. The van der Waals surface area contributed by atoms with Crippen molar-refractivity contribution in [3.8, 4) is 11.4 Å². The second-order valence-electron chi connectivity index (χ2n) is 13.9. The molecule has 0 bridgehead atoms. The molecule has 0 saturated carbocycles.